The SMILES string of the molecule is Nc1cnoc1C(=O)Oc1cccc(Br)c1. The van der Waals surface area contributed by atoms with Crippen molar-refractivity contribution >= 4 is 27.6 Å². The van der Waals surface area contributed by atoms with Crippen molar-refractivity contribution in [1.82, 2.24) is 5.16 Å². The Morgan fingerprint density at radius 2 is 2.31 bits per heavy atom. The number of carbonyl (C=O) groups is 1. The van der Waals surface area contributed by atoms with Gasteiger partial charge in [-0.15, -0.1) is 0 Å². The van der Waals surface area contributed by atoms with Gasteiger partial charge < -0.3 is 15.0 Å². The van der Waals surface area contributed by atoms with Gasteiger partial charge >= 0.3 is 5.97 Å². The molecule has 0 aliphatic rings. The van der Waals surface area contributed by atoms with E-state index in [1.807, 2.05) is 6.07 Å². The van der Waals surface area contributed by atoms with Crippen molar-refractivity contribution < 1.29 is 14.1 Å². The third-order valence-corrected chi connectivity index (χ3v) is 2.28. The predicted octanol–water partition coefficient (Wildman–Crippen LogP) is 2.24. The number of esters is 1. The number of aromatic nitrogens is 1. The fraction of sp³-hybridized carbons (Fsp3) is 0. The highest BCUT2D eigenvalue weighted by molar-refractivity contribution is 9.10. The van der Waals surface area contributed by atoms with Gasteiger partial charge in [0, 0.05) is 4.47 Å². The summed E-state index contributed by atoms with van der Waals surface area (Å²) >= 11 is 3.26. The number of anilines is 1. The Kier molecular flexibility index (Phi) is 2.91. The number of hydrogen-bond donors (Lipinski definition) is 1. The van der Waals surface area contributed by atoms with Crippen LogP contribution in [0.2, 0.25) is 0 Å². The maximum Gasteiger partial charge on any atom is 0.384 e. The van der Waals surface area contributed by atoms with E-state index >= 15 is 0 Å². The van der Waals surface area contributed by atoms with E-state index in [2.05, 4.69) is 25.6 Å². The van der Waals surface area contributed by atoms with E-state index in [-0.39, 0.29) is 11.4 Å². The molecule has 16 heavy (non-hydrogen) atoms. The molecule has 0 bridgehead atoms. The van der Waals surface area contributed by atoms with Crippen LogP contribution in [-0.2, 0) is 0 Å². The molecule has 6 heteroatoms. The van der Waals surface area contributed by atoms with Crippen molar-refractivity contribution in [3.05, 3.63) is 40.7 Å². The van der Waals surface area contributed by atoms with Crippen LogP contribution in [0.25, 0.3) is 0 Å². The highest BCUT2D eigenvalue weighted by Crippen LogP contribution is 2.20. The fourth-order valence-corrected chi connectivity index (χ4v) is 1.46. The highest BCUT2D eigenvalue weighted by atomic mass is 79.9. The lowest BCUT2D eigenvalue weighted by molar-refractivity contribution is 0.0692. The van der Waals surface area contributed by atoms with Crippen LogP contribution in [0.5, 0.6) is 5.75 Å². The number of nitrogens with two attached hydrogens (primary N) is 1. The molecule has 2 aromatic rings. The van der Waals surface area contributed by atoms with Crippen molar-refractivity contribution in [3.63, 3.8) is 0 Å². The lowest BCUT2D eigenvalue weighted by atomic mass is 10.3. The zero-order valence-electron chi connectivity index (χ0n) is 8.01. The van der Waals surface area contributed by atoms with Crippen LogP contribution in [-0.4, -0.2) is 11.1 Å². The highest BCUT2D eigenvalue weighted by Gasteiger charge is 2.17. The average molecular weight is 283 g/mol. The van der Waals surface area contributed by atoms with Crippen LogP contribution in [0.15, 0.2) is 39.5 Å². The number of benzene rings is 1. The molecule has 0 atom stereocenters. The van der Waals surface area contributed by atoms with Gasteiger partial charge in [0.15, 0.2) is 0 Å². The molecule has 1 aromatic heterocycles. The van der Waals surface area contributed by atoms with Crippen molar-refractivity contribution in [2.75, 3.05) is 5.73 Å². The predicted molar refractivity (Wildman–Crippen MR) is 60.0 cm³/mol. The van der Waals surface area contributed by atoms with E-state index in [1.54, 1.807) is 18.2 Å². The van der Waals surface area contributed by atoms with Crippen molar-refractivity contribution in [3.8, 4) is 5.75 Å². The number of rotatable bonds is 2. The second-order valence-electron chi connectivity index (χ2n) is 2.96. The zero-order chi connectivity index (χ0) is 11.5. The third kappa shape index (κ3) is 2.22. The largest absolute Gasteiger partial charge is 0.420 e. The molecule has 2 N–H and O–H groups in total. The van der Waals surface area contributed by atoms with Gasteiger partial charge in [-0.2, -0.15) is 0 Å². The summed E-state index contributed by atoms with van der Waals surface area (Å²) in [5, 5.41) is 3.39. The number of hydrogen-bond acceptors (Lipinski definition) is 5. The maximum atomic E-state index is 11.6. The summed E-state index contributed by atoms with van der Waals surface area (Å²) in [4.78, 5) is 11.6. The minimum absolute atomic E-state index is 0.0972. The molecule has 1 aromatic carbocycles. The summed E-state index contributed by atoms with van der Waals surface area (Å²) in [6.45, 7) is 0. The molecule has 0 fully saturated rings. The first-order valence-electron chi connectivity index (χ1n) is 4.34. The summed E-state index contributed by atoms with van der Waals surface area (Å²) < 4.78 is 10.5. The number of carbonyl (C=O) groups excluding carboxylic acids is 1. The number of nitrogen functional groups attached to an aromatic ring is 1. The van der Waals surface area contributed by atoms with Gasteiger partial charge in [-0.1, -0.05) is 27.2 Å². The van der Waals surface area contributed by atoms with Crippen LogP contribution >= 0.6 is 15.9 Å². The lowest BCUT2D eigenvalue weighted by Gasteiger charge is -2.02. The molecule has 5 nitrogen and oxygen atoms in total. The number of halogens is 1. The van der Waals surface area contributed by atoms with Gasteiger partial charge in [-0.25, -0.2) is 4.79 Å². The van der Waals surface area contributed by atoms with E-state index in [0.717, 1.165) is 4.47 Å². The Morgan fingerprint density at radius 3 is 2.94 bits per heavy atom. The van der Waals surface area contributed by atoms with E-state index in [0.29, 0.717) is 5.75 Å². The van der Waals surface area contributed by atoms with Gasteiger partial charge in [0.05, 0.1) is 6.20 Å². The summed E-state index contributed by atoms with van der Waals surface area (Å²) in [6, 6.07) is 6.87. The Balaban J connectivity index is 2.17. The Labute approximate surface area is 99.3 Å². The van der Waals surface area contributed by atoms with Crippen LogP contribution in [0, 0.1) is 0 Å². The first kappa shape index (κ1) is 10.7. The molecule has 0 aliphatic carbocycles. The van der Waals surface area contributed by atoms with E-state index in [4.69, 9.17) is 10.5 Å². The summed E-state index contributed by atoms with van der Waals surface area (Å²) in [5.41, 5.74) is 5.61. The van der Waals surface area contributed by atoms with Crippen LogP contribution in [0.1, 0.15) is 10.6 Å². The summed E-state index contributed by atoms with van der Waals surface area (Å²) in [7, 11) is 0. The molecule has 1 heterocycles. The normalized spacial score (nSPS) is 10.1. The maximum absolute atomic E-state index is 11.6. The first-order valence-corrected chi connectivity index (χ1v) is 5.14. The summed E-state index contributed by atoms with van der Waals surface area (Å²) in [5.74, 6) is -0.372. The van der Waals surface area contributed by atoms with Gasteiger partial charge in [0.1, 0.15) is 11.4 Å². The van der Waals surface area contributed by atoms with E-state index in [9.17, 15) is 4.79 Å². The van der Waals surface area contributed by atoms with E-state index in [1.165, 1.54) is 6.20 Å². The van der Waals surface area contributed by atoms with Crippen molar-refractivity contribution in [1.29, 1.82) is 0 Å². The molecule has 0 aliphatic heterocycles. The Morgan fingerprint density at radius 1 is 1.50 bits per heavy atom. The zero-order valence-corrected chi connectivity index (χ0v) is 9.60. The molecule has 0 unspecified atom stereocenters. The smallest absolute Gasteiger partial charge is 0.384 e. The van der Waals surface area contributed by atoms with Gasteiger partial charge in [-0.3, -0.25) is 0 Å². The fourth-order valence-electron chi connectivity index (χ4n) is 1.09. The molecular formula is C10H7BrN2O3. The van der Waals surface area contributed by atoms with Crippen LogP contribution in [0.3, 0.4) is 0 Å². The number of ether oxygens (including phenoxy) is 1. The topological polar surface area (TPSA) is 78.4 Å². The second kappa shape index (κ2) is 4.36. The van der Waals surface area contributed by atoms with Crippen molar-refractivity contribution in [2.45, 2.75) is 0 Å². The van der Waals surface area contributed by atoms with Gasteiger partial charge in [0.2, 0.25) is 0 Å². The molecular weight excluding hydrogens is 276 g/mol. The molecule has 0 saturated heterocycles. The second-order valence-corrected chi connectivity index (χ2v) is 3.87. The monoisotopic (exact) mass is 282 g/mol. The van der Waals surface area contributed by atoms with Gasteiger partial charge in [-0.05, 0) is 18.2 Å². The molecule has 0 amide bonds. The minimum Gasteiger partial charge on any atom is -0.420 e. The molecule has 0 radical (unpaired) electrons. The van der Waals surface area contributed by atoms with Crippen molar-refractivity contribution in [2.24, 2.45) is 0 Å². The molecule has 2 rings (SSSR count). The Hall–Kier alpha value is -1.82. The molecule has 0 spiro atoms. The molecule has 82 valence electrons. The lowest BCUT2D eigenvalue weighted by Crippen LogP contribution is -2.09. The minimum atomic E-state index is -0.673. The third-order valence-electron chi connectivity index (χ3n) is 1.79. The summed E-state index contributed by atoms with van der Waals surface area (Å²) in [6.07, 6.45) is 1.25. The van der Waals surface area contributed by atoms with Crippen LogP contribution in [0.4, 0.5) is 5.69 Å². The standard InChI is InChI=1S/C10H7BrN2O3/c11-6-2-1-3-7(4-6)15-10(14)9-8(12)5-13-16-9/h1-5H,12H2. The molecule has 0 saturated carbocycles. The Bertz CT molecular complexity index is 524. The van der Waals surface area contributed by atoms with Gasteiger partial charge in [0.25, 0.3) is 5.76 Å². The average Bonchev–Trinajstić information content (AvgIpc) is 2.64. The quantitative estimate of drug-likeness (QED) is 0.675. The number of nitrogens with zero attached hydrogens (tertiary/aromatic N) is 1. The van der Waals surface area contributed by atoms with Crippen LogP contribution < -0.4 is 10.5 Å². The van der Waals surface area contributed by atoms with E-state index < -0.39 is 5.97 Å². The first-order chi connectivity index (χ1) is 7.66.